The van der Waals surface area contributed by atoms with Gasteiger partial charge in [0.1, 0.15) is 5.76 Å². The van der Waals surface area contributed by atoms with Gasteiger partial charge in [-0.2, -0.15) is 0 Å². The van der Waals surface area contributed by atoms with E-state index in [9.17, 15) is 10.2 Å². The van der Waals surface area contributed by atoms with Crippen LogP contribution >= 0.6 is 0 Å². The summed E-state index contributed by atoms with van der Waals surface area (Å²) in [5, 5.41) is 26.9. The zero-order chi connectivity index (χ0) is 22.8. The Labute approximate surface area is 194 Å². The second kappa shape index (κ2) is 8.12. The third-order valence-corrected chi connectivity index (χ3v) is 11.1. The number of aliphatic hydroxyl groups excluding tert-OH is 2. The van der Waals surface area contributed by atoms with Crippen molar-refractivity contribution in [3.63, 3.8) is 0 Å². The van der Waals surface area contributed by atoms with Crippen molar-refractivity contribution >= 4 is 0 Å². The van der Waals surface area contributed by atoms with Crippen LogP contribution in [0.3, 0.4) is 0 Å². The highest BCUT2D eigenvalue weighted by atomic mass is 16.5. The van der Waals surface area contributed by atoms with E-state index in [2.05, 4.69) is 39.8 Å². The molecule has 180 valence electrons. The first-order valence-electron chi connectivity index (χ1n) is 13.5. The number of aromatic nitrogens is 1. The van der Waals surface area contributed by atoms with Gasteiger partial charge in [0.25, 0.3) is 0 Å². The minimum absolute atomic E-state index is 0.0180. The molecule has 1 heterocycles. The average Bonchev–Trinajstić information content (AvgIpc) is 3.33. The third kappa shape index (κ3) is 3.34. The molecule has 0 bridgehead atoms. The Bertz CT molecular complexity index is 819. The van der Waals surface area contributed by atoms with Crippen molar-refractivity contribution in [2.45, 2.75) is 105 Å². The summed E-state index contributed by atoms with van der Waals surface area (Å²) in [6.45, 7) is 12.1. The van der Waals surface area contributed by atoms with Crippen LogP contribution in [0.25, 0.3) is 0 Å². The summed E-state index contributed by atoms with van der Waals surface area (Å²) in [4.78, 5) is 0. The van der Waals surface area contributed by atoms with E-state index < -0.39 is 12.2 Å². The zero-order valence-electron chi connectivity index (χ0n) is 20.9. The highest BCUT2D eigenvalue weighted by molar-refractivity contribution is 5.26. The first kappa shape index (κ1) is 22.9. The SMILES string of the molecule is CC(C)CCC[C@@H](C)[C@H]1CC[C@H]2[C@@H]3[C@@H](O)[C@H](O)[C@H]4Cc5oncc5C[C@]4(C)[C@H]3CC[C@]12C. The van der Waals surface area contributed by atoms with Crippen molar-refractivity contribution in [3.05, 3.63) is 17.5 Å². The molecule has 0 radical (unpaired) electrons. The molecule has 4 aliphatic carbocycles. The molecule has 4 aliphatic rings. The molecular formula is C28H45NO3. The summed E-state index contributed by atoms with van der Waals surface area (Å²) < 4.78 is 5.50. The lowest BCUT2D eigenvalue weighted by Crippen LogP contribution is -2.64. The number of hydrogen-bond donors (Lipinski definition) is 2. The van der Waals surface area contributed by atoms with Gasteiger partial charge >= 0.3 is 0 Å². The third-order valence-electron chi connectivity index (χ3n) is 11.1. The Kier molecular flexibility index (Phi) is 5.81. The average molecular weight is 444 g/mol. The van der Waals surface area contributed by atoms with Crippen LogP contribution in [0.15, 0.2) is 10.7 Å². The van der Waals surface area contributed by atoms with Crippen LogP contribution < -0.4 is 0 Å². The van der Waals surface area contributed by atoms with Gasteiger partial charge in [-0.15, -0.1) is 0 Å². The molecule has 0 amide bonds. The molecule has 0 spiro atoms. The molecule has 4 nitrogen and oxygen atoms in total. The summed E-state index contributed by atoms with van der Waals surface area (Å²) in [5.41, 5.74) is 1.55. The van der Waals surface area contributed by atoms with Gasteiger partial charge < -0.3 is 14.7 Å². The molecule has 3 saturated carbocycles. The Balaban J connectivity index is 1.40. The molecule has 10 atom stereocenters. The predicted octanol–water partition coefficient (Wildman–Crippen LogP) is 5.65. The summed E-state index contributed by atoms with van der Waals surface area (Å²) in [5.74, 6) is 4.52. The number of rotatable bonds is 5. The van der Waals surface area contributed by atoms with E-state index in [1.165, 1.54) is 50.5 Å². The highest BCUT2D eigenvalue weighted by Gasteiger charge is 2.65. The van der Waals surface area contributed by atoms with Crippen molar-refractivity contribution < 1.29 is 14.7 Å². The fraction of sp³-hybridized carbons (Fsp3) is 0.893. The van der Waals surface area contributed by atoms with E-state index in [1.54, 1.807) is 0 Å². The number of fused-ring (bicyclic) bond motifs is 6. The van der Waals surface area contributed by atoms with Crippen LogP contribution in [0.2, 0.25) is 0 Å². The number of aliphatic hydroxyl groups is 2. The molecule has 0 saturated heterocycles. The first-order chi connectivity index (χ1) is 15.2. The monoisotopic (exact) mass is 443 g/mol. The fourth-order valence-corrected chi connectivity index (χ4v) is 9.42. The molecule has 0 aromatic carbocycles. The molecule has 0 unspecified atom stereocenters. The molecule has 32 heavy (non-hydrogen) atoms. The van der Waals surface area contributed by atoms with Gasteiger partial charge in [0.15, 0.2) is 0 Å². The summed E-state index contributed by atoms with van der Waals surface area (Å²) in [6.07, 6.45) is 11.2. The maximum Gasteiger partial charge on any atom is 0.140 e. The smallest absolute Gasteiger partial charge is 0.140 e. The van der Waals surface area contributed by atoms with E-state index >= 15 is 0 Å². The quantitative estimate of drug-likeness (QED) is 0.617. The van der Waals surface area contributed by atoms with Crippen LogP contribution in [0.4, 0.5) is 0 Å². The fourth-order valence-electron chi connectivity index (χ4n) is 9.42. The van der Waals surface area contributed by atoms with Gasteiger partial charge in [-0.25, -0.2) is 0 Å². The van der Waals surface area contributed by atoms with Crippen molar-refractivity contribution in [1.82, 2.24) is 5.16 Å². The Morgan fingerprint density at radius 2 is 1.75 bits per heavy atom. The van der Waals surface area contributed by atoms with Crippen LogP contribution in [-0.4, -0.2) is 27.6 Å². The molecule has 4 heteroatoms. The number of nitrogens with zero attached hydrogens (tertiary/aromatic N) is 1. The van der Waals surface area contributed by atoms with E-state index in [-0.39, 0.29) is 17.3 Å². The van der Waals surface area contributed by atoms with Crippen molar-refractivity contribution in [1.29, 1.82) is 0 Å². The largest absolute Gasteiger partial charge is 0.390 e. The van der Waals surface area contributed by atoms with Crippen molar-refractivity contribution in [2.24, 2.45) is 52.3 Å². The molecule has 0 aliphatic heterocycles. The van der Waals surface area contributed by atoms with E-state index in [0.29, 0.717) is 23.7 Å². The van der Waals surface area contributed by atoms with Crippen LogP contribution in [0.5, 0.6) is 0 Å². The lowest BCUT2D eigenvalue weighted by molar-refractivity contribution is -0.208. The molecule has 2 N–H and O–H groups in total. The molecule has 3 fully saturated rings. The normalized spacial score (nSPS) is 46.3. The molecule has 5 rings (SSSR count). The second-order valence-corrected chi connectivity index (χ2v) is 13.1. The van der Waals surface area contributed by atoms with Crippen LogP contribution in [0, 0.1) is 52.3 Å². The lowest BCUT2D eigenvalue weighted by Gasteiger charge is -2.63. The van der Waals surface area contributed by atoms with E-state index in [4.69, 9.17) is 4.52 Å². The topological polar surface area (TPSA) is 66.5 Å². The molecule has 1 aromatic heterocycles. The van der Waals surface area contributed by atoms with Crippen molar-refractivity contribution in [2.75, 3.05) is 0 Å². The number of hydrogen-bond acceptors (Lipinski definition) is 4. The molecular weight excluding hydrogens is 398 g/mol. The Morgan fingerprint density at radius 3 is 2.50 bits per heavy atom. The van der Waals surface area contributed by atoms with Gasteiger partial charge in [-0.3, -0.25) is 0 Å². The van der Waals surface area contributed by atoms with Gasteiger partial charge in [0.05, 0.1) is 18.4 Å². The minimum atomic E-state index is -0.663. The molecule has 1 aromatic rings. The van der Waals surface area contributed by atoms with Crippen molar-refractivity contribution in [3.8, 4) is 0 Å². The first-order valence-corrected chi connectivity index (χ1v) is 13.5. The maximum atomic E-state index is 11.5. The van der Waals surface area contributed by atoms with Gasteiger partial charge in [0, 0.05) is 17.9 Å². The highest BCUT2D eigenvalue weighted by Crippen LogP contribution is 2.68. The summed E-state index contributed by atoms with van der Waals surface area (Å²) >= 11 is 0. The van der Waals surface area contributed by atoms with Crippen LogP contribution in [-0.2, 0) is 12.8 Å². The standard InChI is InChI=1S/C28H45NO3/c1-16(2)7-6-8-17(3)19-9-10-20-24-21(11-12-27(19,20)4)28(5)14-18-15-29-32-23(18)13-22(28)25(30)26(24)31/h15-17,19-22,24-26,30-31H,6-14H2,1-5H3/t17-,19-,20+,21+,22-,24+,25-,26-,27-,28-/m1/s1. The van der Waals surface area contributed by atoms with E-state index in [1.807, 2.05) is 6.20 Å². The summed E-state index contributed by atoms with van der Waals surface area (Å²) in [7, 11) is 0. The lowest BCUT2D eigenvalue weighted by atomic mass is 9.43. The minimum Gasteiger partial charge on any atom is -0.390 e. The van der Waals surface area contributed by atoms with Gasteiger partial charge in [-0.1, -0.05) is 59.0 Å². The van der Waals surface area contributed by atoms with Crippen LogP contribution in [0.1, 0.15) is 90.9 Å². The second-order valence-electron chi connectivity index (χ2n) is 13.1. The summed E-state index contributed by atoms with van der Waals surface area (Å²) in [6, 6.07) is 0. The Morgan fingerprint density at radius 1 is 1.00 bits per heavy atom. The van der Waals surface area contributed by atoms with E-state index in [0.717, 1.165) is 29.9 Å². The zero-order valence-corrected chi connectivity index (χ0v) is 20.9. The maximum absolute atomic E-state index is 11.5. The van der Waals surface area contributed by atoms with Gasteiger partial charge in [0.2, 0.25) is 0 Å². The van der Waals surface area contributed by atoms with Gasteiger partial charge in [-0.05, 0) is 78.4 Å². The predicted molar refractivity (Wildman–Crippen MR) is 126 cm³/mol. The Hall–Kier alpha value is -0.870.